The number of anilines is 2. The monoisotopic (exact) mass is 470 g/mol. The number of hydrogen-bond acceptors (Lipinski definition) is 5. The summed E-state index contributed by atoms with van der Waals surface area (Å²) >= 11 is 0. The molecule has 0 fully saturated rings. The van der Waals surface area contributed by atoms with Crippen LogP contribution in [0.4, 0.5) is 15.8 Å². The Labute approximate surface area is 191 Å². The summed E-state index contributed by atoms with van der Waals surface area (Å²) in [6.07, 6.45) is 1.45. The smallest absolute Gasteiger partial charge is 0.264 e. The van der Waals surface area contributed by atoms with Gasteiger partial charge in [0.25, 0.3) is 15.9 Å². The van der Waals surface area contributed by atoms with E-state index in [0.29, 0.717) is 30.2 Å². The van der Waals surface area contributed by atoms with Crippen LogP contribution in [-0.2, 0) is 16.4 Å². The predicted octanol–water partition coefficient (Wildman–Crippen LogP) is 4.24. The highest BCUT2D eigenvalue weighted by Gasteiger charge is 2.30. The molecule has 33 heavy (non-hydrogen) atoms. The number of carbonyl (C=O) groups is 1. The number of para-hydroxylation sites is 1. The van der Waals surface area contributed by atoms with E-state index in [1.165, 1.54) is 30.7 Å². The lowest BCUT2D eigenvalue weighted by Gasteiger charge is -2.30. The molecule has 1 aliphatic rings. The molecule has 1 heterocycles. The van der Waals surface area contributed by atoms with Crippen LogP contribution in [0.5, 0.6) is 11.5 Å². The van der Waals surface area contributed by atoms with Gasteiger partial charge in [-0.05, 0) is 54.8 Å². The van der Waals surface area contributed by atoms with Gasteiger partial charge in [0.15, 0.2) is 0 Å². The summed E-state index contributed by atoms with van der Waals surface area (Å²) in [4.78, 5) is 12.7. The fourth-order valence-corrected chi connectivity index (χ4v) is 5.38. The molecule has 0 aromatic heterocycles. The number of ether oxygens (including phenoxy) is 2. The average molecular weight is 471 g/mol. The van der Waals surface area contributed by atoms with Crippen LogP contribution in [0.2, 0.25) is 0 Å². The van der Waals surface area contributed by atoms with Gasteiger partial charge < -0.3 is 14.8 Å². The number of benzene rings is 3. The molecule has 172 valence electrons. The van der Waals surface area contributed by atoms with Crippen molar-refractivity contribution in [1.29, 1.82) is 0 Å². The first-order chi connectivity index (χ1) is 15.8. The van der Waals surface area contributed by atoms with E-state index in [1.807, 2.05) is 12.1 Å². The zero-order valence-electron chi connectivity index (χ0n) is 18.2. The van der Waals surface area contributed by atoms with Crippen molar-refractivity contribution in [3.05, 3.63) is 77.6 Å². The maximum absolute atomic E-state index is 14.6. The molecule has 0 aliphatic carbocycles. The minimum atomic E-state index is -4.00. The number of aryl methyl sites for hydroxylation is 1. The molecule has 9 heteroatoms. The van der Waals surface area contributed by atoms with E-state index >= 15 is 0 Å². The van der Waals surface area contributed by atoms with E-state index in [1.54, 1.807) is 24.3 Å². The molecule has 4 rings (SSSR count). The summed E-state index contributed by atoms with van der Waals surface area (Å²) < 4.78 is 53.1. The number of nitrogens with one attached hydrogen (secondary N) is 1. The summed E-state index contributed by atoms with van der Waals surface area (Å²) in [5.41, 5.74) is 1.39. The number of fused-ring (bicyclic) bond motifs is 1. The Bertz CT molecular complexity index is 1310. The van der Waals surface area contributed by atoms with Gasteiger partial charge in [0.1, 0.15) is 17.3 Å². The molecule has 1 N–H and O–H groups in total. The third kappa shape index (κ3) is 4.36. The maximum atomic E-state index is 14.6. The van der Waals surface area contributed by atoms with Crippen molar-refractivity contribution in [2.75, 3.05) is 30.4 Å². The van der Waals surface area contributed by atoms with Crippen LogP contribution in [0.1, 0.15) is 22.3 Å². The average Bonchev–Trinajstić information content (AvgIpc) is 2.83. The number of sulfonamides is 1. The Balaban J connectivity index is 1.68. The Hall–Kier alpha value is -3.59. The number of amides is 1. The van der Waals surface area contributed by atoms with E-state index in [-0.39, 0.29) is 10.6 Å². The first-order valence-electron chi connectivity index (χ1n) is 10.3. The second-order valence-corrected chi connectivity index (χ2v) is 9.33. The maximum Gasteiger partial charge on any atom is 0.264 e. The number of rotatable bonds is 6. The van der Waals surface area contributed by atoms with Crippen LogP contribution in [0.3, 0.4) is 0 Å². The Morgan fingerprint density at radius 3 is 2.58 bits per heavy atom. The van der Waals surface area contributed by atoms with Gasteiger partial charge in [-0.15, -0.1) is 0 Å². The highest BCUT2D eigenvalue weighted by molar-refractivity contribution is 7.92. The van der Waals surface area contributed by atoms with Gasteiger partial charge in [-0.1, -0.05) is 18.2 Å². The minimum absolute atomic E-state index is 0.164. The molecular weight excluding hydrogens is 447 g/mol. The van der Waals surface area contributed by atoms with Crippen molar-refractivity contribution < 1.29 is 27.1 Å². The minimum Gasteiger partial charge on any atom is -0.497 e. The molecule has 0 unspecified atom stereocenters. The van der Waals surface area contributed by atoms with Crippen molar-refractivity contribution in [2.24, 2.45) is 0 Å². The van der Waals surface area contributed by atoms with Crippen molar-refractivity contribution in [3.63, 3.8) is 0 Å². The van der Waals surface area contributed by atoms with E-state index in [2.05, 4.69) is 5.32 Å². The molecule has 0 saturated heterocycles. The van der Waals surface area contributed by atoms with Crippen LogP contribution in [-0.4, -0.2) is 35.1 Å². The molecule has 0 atom stereocenters. The van der Waals surface area contributed by atoms with E-state index in [4.69, 9.17) is 9.47 Å². The fourth-order valence-electron chi connectivity index (χ4n) is 3.82. The second-order valence-electron chi connectivity index (χ2n) is 7.47. The normalized spacial score (nSPS) is 13.2. The number of hydrogen-bond donors (Lipinski definition) is 1. The number of methoxy groups -OCH3 is 2. The number of carbonyl (C=O) groups excluding carboxylic acids is 1. The standard InChI is InChI=1S/C24H23FN2O5S/c1-31-17-9-12-23(32-2)21(14-17)26-24(28)19-15-18(10-11-20(19)25)33(29,30)27-13-5-7-16-6-3-4-8-22(16)27/h3-4,6,8-12,14-15H,5,7,13H2,1-2H3,(H,26,28). The molecule has 0 spiro atoms. The zero-order chi connectivity index (χ0) is 23.6. The van der Waals surface area contributed by atoms with Crippen molar-refractivity contribution in [2.45, 2.75) is 17.7 Å². The lowest BCUT2D eigenvalue weighted by molar-refractivity contribution is 0.102. The van der Waals surface area contributed by atoms with E-state index < -0.39 is 27.3 Å². The Morgan fingerprint density at radius 2 is 1.82 bits per heavy atom. The van der Waals surface area contributed by atoms with Gasteiger partial charge in [0.2, 0.25) is 0 Å². The SMILES string of the molecule is COc1ccc(OC)c(NC(=O)c2cc(S(=O)(=O)N3CCCc4ccccc43)ccc2F)c1. The van der Waals surface area contributed by atoms with Crippen LogP contribution in [0.25, 0.3) is 0 Å². The fraction of sp³-hybridized carbons (Fsp3) is 0.208. The summed E-state index contributed by atoms with van der Waals surface area (Å²) in [6.45, 7) is 0.305. The Kier molecular flexibility index (Phi) is 6.24. The molecular formula is C24H23FN2O5S. The predicted molar refractivity (Wildman–Crippen MR) is 123 cm³/mol. The van der Waals surface area contributed by atoms with Gasteiger partial charge in [-0.2, -0.15) is 0 Å². The molecule has 0 bridgehead atoms. The number of halogens is 1. The topological polar surface area (TPSA) is 84.9 Å². The number of nitrogens with zero attached hydrogens (tertiary/aromatic N) is 1. The molecule has 3 aromatic carbocycles. The molecule has 1 aliphatic heterocycles. The van der Waals surface area contributed by atoms with Gasteiger partial charge in [-0.25, -0.2) is 12.8 Å². The lowest BCUT2D eigenvalue weighted by Crippen LogP contribution is -2.35. The summed E-state index contributed by atoms with van der Waals surface area (Å²) in [6, 6.07) is 15.3. The van der Waals surface area contributed by atoms with Crippen LogP contribution in [0, 0.1) is 5.82 Å². The third-order valence-electron chi connectivity index (χ3n) is 5.49. The van der Waals surface area contributed by atoms with Crippen LogP contribution in [0.15, 0.2) is 65.6 Å². The molecule has 3 aromatic rings. The molecule has 7 nitrogen and oxygen atoms in total. The summed E-state index contributed by atoms with van der Waals surface area (Å²) in [5, 5.41) is 2.57. The van der Waals surface area contributed by atoms with Crippen molar-refractivity contribution in [1.82, 2.24) is 0 Å². The quantitative estimate of drug-likeness (QED) is 0.583. The van der Waals surface area contributed by atoms with Gasteiger partial charge >= 0.3 is 0 Å². The molecule has 0 saturated carbocycles. The van der Waals surface area contributed by atoms with E-state index in [9.17, 15) is 17.6 Å². The highest BCUT2D eigenvalue weighted by atomic mass is 32.2. The Morgan fingerprint density at radius 1 is 1.03 bits per heavy atom. The summed E-state index contributed by atoms with van der Waals surface area (Å²) in [5.74, 6) is -0.840. The van der Waals surface area contributed by atoms with Crippen LogP contribution >= 0.6 is 0 Å². The summed E-state index contributed by atoms with van der Waals surface area (Å²) in [7, 11) is -1.10. The van der Waals surface area contributed by atoms with Crippen molar-refractivity contribution >= 4 is 27.3 Å². The van der Waals surface area contributed by atoms with Gasteiger partial charge in [0.05, 0.1) is 36.1 Å². The molecule has 1 amide bonds. The zero-order valence-corrected chi connectivity index (χ0v) is 19.0. The first-order valence-corrected chi connectivity index (χ1v) is 11.7. The van der Waals surface area contributed by atoms with Gasteiger partial charge in [-0.3, -0.25) is 9.10 Å². The lowest BCUT2D eigenvalue weighted by atomic mass is 10.0. The van der Waals surface area contributed by atoms with Gasteiger partial charge in [0, 0.05) is 12.6 Å². The van der Waals surface area contributed by atoms with Crippen molar-refractivity contribution in [3.8, 4) is 11.5 Å². The second kappa shape index (κ2) is 9.11. The van der Waals surface area contributed by atoms with E-state index in [0.717, 1.165) is 24.1 Å². The third-order valence-corrected chi connectivity index (χ3v) is 7.30. The van der Waals surface area contributed by atoms with Crippen LogP contribution < -0.4 is 19.1 Å². The highest BCUT2D eigenvalue weighted by Crippen LogP contribution is 2.33. The largest absolute Gasteiger partial charge is 0.497 e. The first kappa shape index (κ1) is 22.6. The molecule has 0 radical (unpaired) electrons.